The lowest BCUT2D eigenvalue weighted by Gasteiger charge is -2.48. The Hall–Kier alpha value is -1.87. The quantitative estimate of drug-likeness (QED) is 0.842. The van der Waals surface area contributed by atoms with Crippen LogP contribution in [0.2, 0.25) is 0 Å². The molecule has 5 rings (SSSR count). The van der Waals surface area contributed by atoms with Gasteiger partial charge in [0.1, 0.15) is 5.75 Å². The molecule has 3 heteroatoms. The second-order valence-corrected chi connectivity index (χ2v) is 7.36. The number of aliphatic hydroxyl groups excluding tert-OH is 1. The summed E-state index contributed by atoms with van der Waals surface area (Å²) in [7, 11) is 1.67. The van der Waals surface area contributed by atoms with Crippen LogP contribution in [0.1, 0.15) is 37.4 Å². The first kappa shape index (κ1) is 15.6. The lowest BCUT2D eigenvalue weighted by atomic mass is 9.58. The van der Waals surface area contributed by atoms with E-state index in [4.69, 9.17) is 4.74 Å². The molecule has 5 atom stereocenters. The zero-order valence-electron chi connectivity index (χ0n) is 14.2. The van der Waals surface area contributed by atoms with Gasteiger partial charge in [0.25, 0.3) is 0 Å². The fourth-order valence-electron chi connectivity index (χ4n) is 4.96. The molecule has 2 bridgehead atoms. The number of ether oxygens (including phenoxy) is 1. The van der Waals surface area contributed by atoms with Crippen molar-refractivity contribution in [2.75, 3.05) is 7.11 Å². The maximum Gasteiger partial charge on any atom is 0.119 e. The molecule has 2 unspecified atom stereocenters. The zero-order valence-corrected chi connectivity index (χ0v) is 14.2. The number of benzene rings is 1. The summed E-state index contributed by atoms with van der Waals surface area (Å²) in [6, 6.07) is 7.85. The maximum absolute atomic E-state index is 11.2. The van der Waals surface area contributed by atoms with Crippen molar-refractivity contribution in [1.82, 2.24) is 4.98 Å². The average molecular weight is 323 g/mol. The largest absolute Gasteiger partial charge is 0.497 e. The number of nitrogens with zero attached hydrogens (tertiary/aromatic N) is 1. The molecule has 3 aliphatic carbocycles. The number of methoxy groups -OCH3 is 1. The number of pyridine rings is 1. The molecule has 3 fully saturated rings. The minimum atomic E-state index is -0.429. The monoisotopic (exact) mass is 323 g/mol. The molecule has 1 N–H and O–H groups in total. The first-order chi connectivity index (χ1) is 11.7. The van der Waals surface area contributed by atoms with Crippen LogP contribution in [-0.2, 0) is 0 Å². The third-order valence-corrected chi connectivity index (χ3v) is 6.28. The standard InChI is InChI=1S/C21H25NO2/c1-3-13-10-15-5-4-14(13)11-18(15)21(23)17-8-9-22-20-7-6-16(24-2)12-19(17)20/h3,6-9,12-15,18,21,23H,1,4-5,10-11H2,2H3/t13?,14?,15-,18+,21+/m0/s1. The number of fused-ring (bicyclic) bond motifs is 4. The Balaban J connectivity index is 1.69. The van der Waals surface area contributed by atoms with Gasteiger partial charge in [0, 0.05) is 11.6 Å². The summed E-state index contributed by atoms with van der Waals surface area (Å²) in [6.07, 6.45) is 8.32. The van der Waals surface area contributed by atoms with Crippen molar-refractivity contribution in [3.63, 3.8) is 0 Å². The minimum absolute atomic E-state index is 0.344. The van der Waals surface area contributed by atoms with Gasteiger partial charge in [-0.1, -0.05) is 6.08 Å². The molecule has 1 aromatic heterocycles. The summed E-state index contributed by atoms with van der Waals surface area (Å²) in [5.74, 6) is 3.08. The number of hydrogen-bond donors (Lipinski definition) is 1. The van der Waals surface area contributed by atoms with Gasteiger partial charge in [-0.05, 0) is 79.2 Å². The smallest absolute Gasteiger partial charge is 0.119 e. The van der Waals surface area contributed by atoms with E-state index in [9.17, 15) is 5.11 Å². The van der Waals surface area contributed by atoms with Crippen molar-refractivity contribution in [3.05, 3.63) is 48.7 Å². The van der Waals surface area contributed by atoms with Crippen LogP contribution in [0.15, 0.2) is 43.1 Å². The number of allylic oxidation sites excluding steroid dienone is 1. The summed E-state index contributed by atoms with van der Waals surface area (Å²) >= 11 is 0. The van der Waals surface area contributed by atoms with Gasteiger partial charge in [0.05, 0.1) is 18.7 Å². The Morgan fingerprint density at radius 2 is 2.08 bits per heavy atom. The Bertz CT molecular complexity index is 757. The van der Waals surface area contributed by atoms with Crippen molar-refractivity contribution in [2.24, 2.45) is 23.7 Å². The van der Waals surface area contributed by atoms with Crippen molar-refractivity contribution in [1.29, 1.82) is 0 Å². The molecule has 0 amide bonds. The van der Waals surface area contributed by atoms with Gasteiger partial charge in [0.2, 0.25) is 0 Å². The Kier molecular flexibility index (Phi) is 4.05. The van der Waals surface area contributed by atoms with Gasteiger partial charge in [-0.25, -0.2) is 0 Å². The Morgan fingerprint density at radius 3 is 2.79 bits per heavy atom. The molecule has 1 aromatic carbocycles. The first-order valence-electron chi connectivity index (χ1n) is 8.94. The summed E-state index contributed by atoms with van der Waals surface area (Å²) in [5.41, 5.74) is 1.91. The van der Waals surface area contributed by atoms with Gasteiger partial charge < -0.3 is 9.84 Å². The minimum Gasteiger partial charge on any atom is -0.497 e. The second-order valence-electron chi connectivity index (χ2n) is 7.36. The maximum atomic E-state index is 11.2. The lowest BCUT2D eigenvalue weighted by molar-refractivity contribution is -0.0217. The summed E-state index contributed by atoms with van der Waals surface area (Å²) in [6.45, 7) is 4.01. The van der Waals surface area contributed by atoms with Crippen LogP contribution in [0.25, 0.3) is 10.9 Å². The van der Waals surface area contributed by atoms with Crippen LogP contribution in [-0.4, -0.2) is 17.2 Å². The van der Waals surface area contributed by atoms with E-state index in [0.717, 1.165) is 28.6 Å². The van der Waals surface area contributed by atoms with Crippen LogP contribution in [0.3, 0.4) is 0 Å². The van der Waals surface area contributed by atoms with Crippen LogP contribution in [0, 0.1) is 23.7 Å². The van der Waals surface area contributed by atoms with Crippen molar-refractivity contribution < 1.29 is 9.84 Å². The highest BCUT2D eigenvalue weighted by Crippen LogP contribution is 2.52. The van der Waals surface area contributed by atoms with Crippen LogP contribution >= 0.6 is 0 Å². The molecule has 3 nitrogen and oxygen atoms in total. The molecule has 0 spiro atoms. The lowest BCUT2D eigenvalue weighted by Crippen LogP contribution is -2.39. The highest BCUT2D eigenvalue weighted by molar-refractivity contribution is 5.83. The second kappa shape index (κ2) is 6.21. The molecule has 0 aliphatic heterocycles. The van der Waals surface area contributed by atoms with Gasteiger partial charge in [-0.3, -0.25) is 4.98 Å². The fourth-order valence-corrected chi connectivity index (χ4v) is 4.96. The topological polar surface area (TPSA) is 42.4 Å². The van der Waals surface area contributed by atoms with E-state index < -0.39 is 6.10 Å². The van der Waals surface area contributed by atoms with E-state index in [1.165, 1.54) is 19.3 Å². The SMILES string of the molecule is C=CC1C[C@@H]2CCC1C[C@H]2[C@H](O)c1ccnc2ccc(OC)cc12. The average Bonchev–Trinajstić information content (AvgIpc) is 2.66. The molecule has 1 heterocycles. The van der Waals surface area contributed by atoms with E-state index in [-0.39, 0.29) is 0 Å². The van der Waals surface area contributed by atoms with Gasteiger partial charge in [0.15, 0.2) is 0 Å². The number of aliphatic hydroxyl groups is 1. The van der Waals surface area contributed by atoms with Crippen LogP contribution in [0.5, 0.6) is 5.75 Å². The van der Waals surface area contributed by atoms with Crippen molar-refractivity contribution >= 4 is 10.9 Å². The fraction of sp³-hybridized carbons (Fsp3) is 0.476. The van der Waals surface area contributed by atoms with Gasteiger partial charge in [-0.2, -0.15) is 0 Å². The summed E-state index contributed by atoms with van der Waals surface area (Å²) in [5, 5.41) is 12.2. The molecular weight excluding hydrogens is 298 g/mol. The van der Waals surface area contributed by atoms with Crippen LogP contribution in [0.4, 0.5) is 0 Å². The molecule has 126 valence electrons. The highest BCUT2D eigenvalue weighted by Gasteiger charge is 2.43. The zero-order chi connectivity index (χ0) is 16.7. The number of rotatable bonds is 4. The molecule has 0 saturated heterocycles. The summed E-state index contributed by atoms with van der Waals surface area (Å²) in [4.78, 5) is 4.44. The number of hydrogen-bond acceptors (Lipinski definition) is 3. The Labute approximate surface area is 143 Å². The highest BCUT2D eigenvalue weighted by atomic mass is 16.5. The summed E-state index contributed by atoms with van der Waals surface area (Å²) < 4.78 is 5.36. The van der Waals surface area contributed by atoms with E-state index in [1.54, 1.807) is 13.3 Å². The van der Waals surface area contributed by atoms with Crippen molar-refractivity contribution in [3.8, 4) is 5.75 Å². The van der Waals surface area contributed by atoms with Gasteiger partial charge >= 0.3 is 0 Å². The molecule has 3 aliphatic rings. The molecule has 2 aromatic rings. The molecular formula is C21H25NO2. The molecule has 24 heavy (non-hydrogen) atoms. The first-order valence-corrected chi connectivity index (χ1v) is 8.94. The normalized spacial score (nSPS) is 30.2. The van der Waals surface area contributed by atoms with E-state index in [1.807, 2.05) is 24.3 Å². The van der Waals surface area contributed by atoms with E-state index in [0.29, 0.717) is 23.7 Å². The van der Waals surface area contributed by atoms with Gasteiger partial charge in [-0.15, -0.1) is 6.58 Å². The van der Waals surface area contributed by atoms with Crippen molar-refractivity contribution in [2.45, 2.75) is 31.8 Å². The third-order valence-electron chi connectivity index (χ3n) is 6.28. The van der Waals surface area contributed by atoms with E-state index in [2.05, 4.69) is 17.6 Å². The molecule has 3 saturated carbocycles. The predicted molar refractivity (Wildman–Crippen MR) is 95.9 cm³/mol. The molecule has 0 radical (unpaired) electrons. The Morgan fingerprint density at radius 1 is 1.25 bits per heavy atom. The number of aromatic nitrogens is 1. The predicted octanol–water partition coefficient (Wildman–Crippen LogP) is 4.52. The van der Waals surface area contributed by atoms with Crippen LogP contribution < -0.4 is 4.74 Å². The third kappa shape index (κ3) is 2.51. The van der Waals surface area contributed by atoms with E-state index >= 15 is 0 Å².